The summed E-state index contributed by atoms with van der Waals surface area (Å²) in [5.74, 6) is 1.06. The van der Waals surface area contributed by atoms with Gasteiger partial charge >= 0.3 is 6.39 Å². The first kappa shape index (κ1) is 12.2. The number of hydrogen-bond donors (Lipinski definition) is 0. The van der Waals surface area contributed by atoms with E-state index in [4.69, 9.17) is 4.42 Å². The van der Waals surface area contributed by atoms with Crippen LogP contribution >= 0.6 is 0 Å². The van der Waals surface area contributed by atoms with Crippen molar-refractivity contribution >= 4 is 0 Å². The Hall–Kier alpha value is -0.870. The van der Waals surface area contributed by atoms with Gasteiger partial charge in [-0.2, -0.15) is 4.57 Å². The van der Waals surface area contributed by atoms with Crippen molar-refractivity contribution in [1.29, 1.82) is 0 Å². The number of nitrogens with zero attached hydrogens (tertiary/aromatic N) is 3. The standard InChI is InChI=1S/C14H24N3O/c1-10(2)16-6-12-5-13(7-16)17(12)8-14-11(3)18-9-15(14)4/h9-10,12-13H,5-8H2,1-4H3/q+1. The quantitative estimate of drug-likeness (QED) is 0.750. The van der Waals surface area contributed by atoms with Crippen molar-refractivity contribution in [1.82, 2.24) is 9.80 Å². The van der Waals surface area contributed by atoms with E-state index >= 15 is 0 Å². The Bertz CT molecular complexity index is 409. The molecule has 2 unspecified atom stereocenters. The van der Waals surface area contributed by atoms with Crippen molar-refractivity contribution in [2.75, 3.05) is 13.1 Å². The van der Waals surface area contributed by atoms with Gasteiger partial charge in [0.1, 0.15) is 7.05 Å². The summed E-state index contributed by atoms with van der Waals surface area (Å²) >= 11 is 0. The Morgan fingerprint density at radius 3 is 2.56 bits per heavy atom. The lowest BCUT2D eigenvalue weighted by Crippen LogP contribution is -2.69. The molecule has 100 valence electrons. The Balaban J connectivity index is 1.67. The molecule has 2 atom stereocenters. The zero-order chi connectivity index (χ0) is 12.9. The van der Waals surface area contributed by atoms with Crippen molar-refractivity contribution in [3.63, 3.8) is 0 Å². The number of aromatic nitrogens is 1. The summed E-state index contributed by atoms with van der Waals surface area (Å²) in [6.07, 6.45) is 3.19. The first-order chi connectivity index (χ1) is 8.56. The summed E-state index contributed by atoms with van der Waals surface area (Å²) in [4.78, 5) is 5.26. The van der Waals surface area contributed by atoms with E-state index in [0.29, 0.717) is 6.04 Å². The number of likely N-dealkylation sites (tertiary alicyclic amines) is 2. The normalized spacial score (nSPS) is 28.7. The fraction of sp³-hybridized carbons (Fsp3) is 0.786. The van der Waals surface area contributed by atoms with Crippen LogP contribution in [0.1, 0.15) is 31.7 Å². The van der Waals surface area contributed by atoms with Crippen LogP contribution in [0, 0.1) is 6.92 Å². The maximum atomic E-state index is 5.47. The second kappa shape index (κ2) is 4.35. The van der Waals surface area contributed by atoms with Crippen LogP contribution in [0.15, 0.2) is 10.8 Å². The molecule has 3 rings (SSSR count). The average molecular weight is 250 g/mol. The molecule has 2 aliphatic heterocycles. The van der Waals surface area contributed by atoms with Gasteiger partial charge in [0.15, 0.2) is 5.76 Å². The molecule has 0 saturated carbocycles. The SMILES string of the molecule is Cc1oc[n+](C)c1CN1C2CC1CN(C(C)C)C2. The molecule has 0 radical (unpaired) electrons. The fourth-order valence-corrected chi connectivity index (χ4v) is 3.33. The number of piperazine rings is 1. The van der Waals surface area contributed by atoms with E-state index in [1.165, 1.54) is 25.2 Å². The van der Waals surface area contributed by atoms with Crippen LogP contribution in [0.2, 0.25) is 0 Å². The Labute approximate surface area is 109 Å². The summed E-state index contributed by atoms with van der Waals surface area (Å²) in [6.45, 7) is 10.2. The number of hydrogen-bond acceptors (Lipinski definition) is 3. The summed E-state index contributed by atoms with van der Waals surface area (Å²) in [5.41, 5.74) is 1.32. The molecular formula is C14H24N3O+. The molecule has 3 heterocycles. The minimum absolute atomic E-state index is 0.684. The molecule has 2 bridgehead atoms. The molecule has 4 heteroatoms. The van der Waals surface area contributed by atoms with Crippen LogP contribution in [0.25, 0.3) is 0 Å². The monoisotopic (exact) mass is 250 g/mol. The molecule has 4 nitrogen and oxygen atoms in total. The molecule has 0 spiro atoms. The molecule has 1 aromatic rings. The van der Waals surface area contributed by atoms with E-state index in [9.17, 15) is 0 Å². The summed E-state index contributed by atoms with van der Waals surface area (Å²) in [6, 6.07) is 2.19. The van der Waals surface area contributed by atoms with Gasteiger partial charge in [0.2, 0.25) is 5.69 Å². The fourth-order valence-electron chi connectivity index (χ4n) is 3.33. The Morgan fingerprint density at radius 2 is 2.06 bits per heavy atom. The molecule has 1 aromatic heterocycles. The number of oxazole rings is 1. The summed E-state index contributed by atoms with van der Waals surface area (Å²) < 4.78 is 7.59. The van der Waals surface area contributed by atoms with Crippen LogP contribution in [-0.4, -0.2) is 41.0 Å². The maximum Gasteiger partial charge on any atom is 0.334 e. The van der Waals surface area contributed by atoms with Crippen molar-refractivity contribution in [3.8, 4) is 0 Å². The molecule has 2 aliphatic rings. The third kappa shape index (κ3) is 1.88. The predicted octanol–water partition coefficient (Wildman–Crippen LogP) is 1.08. The minimum Gasteiger partial charge on any atom is -0.409 e. The number of aryl methyl sites for hydroxylation is 2. The van der Waals surface area contributed by atoms with E-state index in [-0.39, 0.29) is 0 Å². The highest BCUT2D eigenvalue weighted by atomic mass is 16.3. The van der Waals surface area contributed by atoms with E-state index in [2.05, 4.69) is 42.2 Å². The van der Waals surface area contributed by atoms with E-state index < -0.39 is 0 Å². The molecular weight excluding hydrogens is 226 g/mol. The largest absolute Gasteiger partial charge is 0.409 e. The van der Waals surface area contributed by atoms with Crippen molar-refractivity contribution in [2.45, 2.75) is 51.9 Å². The van der Waals surface area contributed by atoms with Crippen LogP contribution in [0.5, 0.6) is 0 Å². The van der Waals surface area contributed by atoms with Crippen LogP contribution < -0.4 is 4.57 Å². The van der Waals surface area contributed by atoms with E-state index in [1.807, 2.05) is 0 Å². The molecule has 2 fully saturated rings. The number of rotatable bonds is 3. The van der Waals surface area contributed by atoms with Crippen molar-refractivity contribution in [2.24, 2.45) is 7.05 Å². The van der Waals surface area contributed by atoms with Gasteiger partial charge in [0.25, 0.3) is 0 Å². The lowest BCUT2D eigenvalue weighted by molar-refractivity contribution is -0.683. The van der Waals surface area contributed by atoms with Gasteiger partial charge in [-0.1, -0.05) is 0 Å². The zero-order valence-electron chi connectivity index (χ0n) is 11.9. The minimum atomic E-state index is 0.684. The Morgan fingerprint density at radius 1 is 1.39 bits per heavy atom. The van der Waals surface area contributed by atoms with Crippen LogP contribution in [0.4, 0.5) is 0 Å². The van der Waals surface area contributed by atoms with Gasteiger partial charge in [0, 0.05) is 38.1 Å². The lowest BCUT2D eigenvalue weighted by Gasteiger charge is -2.57. The van der Waals surface area contributed by atoms with Gasteiger partial charge in [0.05, 0.1) is 6.54 Å². The number of piperidine rings is 1. The highest BCUT2D eigenvalue weighted by Crippen LogP contribution is 2.34. The van der Waals surface area contributed by atoms with Gasteiger partial charge < -0.3 is 4.42 Å². The second-order valence-electron chi connectivity index (χ2n) is 6.10. The Kier molecular flexibility index (Phi) is 2.94. The molecule has 0 aromatic carbocycles. The molecule has 0 aliphatic carbocycles. The second-order valence-corrected chi connectivity index (χ2v) is 6.10. The summed E-state index contributed by atoms with van der Waals surface area (Å²) in [7, 11) is 2.07. The third-order valence-corrected chi connectivity index (χ3v) is 4.66. The third-order valence-electron chi connectivity index (χ3n) is 4.66. The van der Waals surface area contributed by atoms with Gasteiger partial charge in [-0.05, 0) is 20.3 Å². The van der Waals surface area contributed by atoms with Gasteiger partial charge in [-0.25, -0.2) is 0 Å². The summed E-state index contributed by atoms with van der Waals surface area (Å²) in [5, 5.41) is 0. The maximum absolute atomic E-state index is 5.47. The van der Waals surface area contributed by atoms with E-state index in [1.54, 1.807) is 6.39 Å². The van der Waals surface area contributed by atoms with Crippen molar-refractivity contribution < 1.29 is 8.98 Å². The van der Waals surface area contributed by atoms with Crippen LogP contribution in [0.3, 0.4) is 0 Å². The predicted molar refractivity (Wildman–Crippen MR) is 69.1 cm³/mol. The first-order valence-electron chi connectivity index (χ1n) is 6.98. The number of fused-ring (bicyclic) bond motifs is 2. The van der Waals surface area contributed by atoms with Crippen molar-refractivity contribution in [3.05, 3.63) is 17.8 Å². The van der Waals surface area contributed by atoms with Gasteiger partial charge in [-0.3, -0.25) is 9.80 Å². The first-order valence-corrected chi connectivity index (χ1v) is 6.98. The smallest absolute Gasteiger partial charge is 0.334 e. The molecule has 0 amide bonds. The lowest BCUT2D eigenvalue weighted by atomic mass is 9.86. The highest BCUT2D eigenvalue weighted by Gasteiger charge is 2.46. The zero-order valence-corrected chi connectivity index (χ0v) is 11.9. The molecule has 18 heavy (non-hydrogen) atoms. The highest BCUT2D eigenvalue weighted by molar-refractivity contribution is 5.06. The van der Waals surface area contributed by atoms with E-state index in [0.717, 1.165) is 24.4 Å². The topological polar surface area (TPSA) is 23.5 Å². The van der Waals surface area contributed by atoms with Gasteiger partial charge in [-0.15, -0.1) is 0 Å². The molecule has 0 N–H and O–H groups in total. The van der Waals surface area contributed by atoms with Crippen LogP contribution in [-0.2, 0) is 13.6 Å². The average Bonchev–Trinajstić information content (AvgIpc) is 2.66. The molecule has 2 saturated heterocycles.